The van der Waals surface area contributed by atoms with Gasteiger partial charge in [-0.05, 0) is 19.3 Å². The topological polar surface area (TPSA) is 110 Å². The first kappa shape index (κ1) is 15.8. The smallest absolute Gasteiger partial charge is 0.312 e. The number of carbonyl (C=O) groups is 2. The van der Waals surface area contributed by atoms with E-state index in [9.17, 15) is 9.59 Å². The highest BCUT2D eigenvalue weighted by Gasteiger charge is 2.35. The molecular formula is C13H26N4O2. The van der Waals surface area contributed by atoms with Crippen LogP contribution in [0.2, 0.25) is 0 Å². The molecule has 0 spiro atoms. The zero-order chi connectivity index (χ0) is 14.3. The molecule has 1 rings (SSSR count). The lowest BCUT2D eigenvalue weighted by Gasteiger charge is -2.31. The molecule has 0 radical (unpaired) electrons. The van der Waals surface area contributed by atoms with Crippen molar-refractivity contribution in [2.75, 3.05) is 6.54 Å². The first-order valence-electron chi connectivity index (χ1n) is 7.11. The summed E-state index contributed by atoms with van der Waals surface area (Å²) in [5.74, 6) is -0.167. The number of hydrogen-bond acceptors (Lipinski definition) is 3. The lowest BCUT2D eigenvalue weighted by atomic mass is 9.96. The molecule has 1 atom stereocenters. The van der Waals surface area contributed by atoms with Crippen LogP contribution < -0.4 is 22.1 Å². The number of hydrogen-bond donors (Lipinski definition) is 4. The Kier molecular flexibility index (Phi) is 6.08. The lowest BCUT2D eigenvalue weighted by Crippen LogP contribution is -2.58. The van der Waals surface area contributed by atoms with Crippen molar-refractivity contribution in [1.29, 1.82) is 0 Å². The lowest BCUT2D eigenvalue weighted by molar-refractivity contribution is -0.125. The number of rotatable bonds is 7. The van der Waals surface area contributed by atoms with E-state index >= 15 is 0 Å². The summed E-state index contributed by atoms with van der Waals surface area (Å²) in [5, 5.41) is 5.54. The molecule has 0 saturated heterocycles. The number of urea groups is 1. The van der Waals surface area contributed by atoms with Crippen LogP contribution in [-0.2, 0) is 4.79 Å². The van der Waals surface area contributed by atoms with E-state index in [-0.39, 0.29) is 11.4 Å². The van der Waals surface area contributed by atoms with Crippen LogP contribution >= 0.6 is 0 Å². The predicted molar refractivity (Wildman–Crippen MR) is 74.4 cm³/mol. The summed E-state index contributed by atoms with van der Waals surface area (Å²) in [6, 6.07) is -1.22. The van der Waals surface area contributed by atoms with Gasteiger partial charge < -0.3 is 22.1 Å². The number of carbonyl (C=O) groups excluding carboxylic acids is 2. The summed E-state index contributed by atoms with van der Waals surface area (Å²) in [4.78, 5) is 23.2. The van der Waals surface area contributed by atoms with Gasteiger partial charge in [-0.25, -0.2) is 4.79 Å². The molecular weight excluding hydrogens is 244 g/mol. The molecule has 110 valence electrons. The molecule has 6 nitrogen and oxygen atoms in total. The second-order valence-electron chi connectivity index (χ2n) is 5.38. The summed E-state index contributed by atoms with van der Waals surface area (Å²) >= 11 is 0. The fraction of sp³-hybridized carbons (Fsp3) is 0.846. The highest BCUT2D eigenvalue weighted by atomic mass is 16.2. The minimum absolute atomic E-state index is 0.167. The Morgan fingerprint density at radius 2 is 1.95 bits per heavy atom. The van der Waals surface area contributed by atoms with Crippen LogP contribution in [0.3, 0.4) is 0 Å². The Morgan fingerprint density at radius 1 is 1.32 bits per heavy atom. The van der Waals surface area contributed by atoms with Crippen LogP contribution in [0.5, 0.6) is 0 Å². The largest absolute Gasteiger partial charge is 0.352 e. The molecule has 1 fully saturated rings. The highest BCUT2D eigenvalue weighted by molar-refractivity contribution is 5.87. The van der Waals surface area contributed by atoms with Crippen molar-refractivity contribution >= 4 is 11.9 Å². The summed E-state index contributed by atoms with van der Waals surface area (Å²) in [7, 11) is 0. The van der Waals surface area contributed by atoms with E-state index in [1.807, 2.05) is 6.92 Å². The Balaban J connectivity index is 2.61. The monoisotopic (exact) mass is 270 g/mol. The quantitative estimate of drug-likeness (QED) is 0.543. The summed E-state index contributed by atoms with van der Waals surface area (Å²) in [6.45, 7) is 2.48. The number of nitrogens with two attached hydrogens (primary N) is 2. The molecule has 0 heterocycles. The number of amides is 3. The molecule has 0 aromatic carbocycles. The van der Waals surface area contributed by atoms with Crippen LogP contribution in [0.25, 0.3) is 0 Å². The van der Waals surface area contributed by atoms with Gasteiger partial charge >= 0.3 is 6.03 Å². The van der Waals surface area contributed by atoms with Gasteiger partial charge in [-0.1, -0.05) is 32.6 Å². The third-order valence-electron chi connectivity index (χ3n) is 3.82. The molecule has 19 heavy (non-hydrogen) atoms. The zero-order valence-electron chi connectivity index (χ0n) is 11.7. The number of nitrogens with one attached hydrogen (secondary N) is 2. The van der Waals surface area contributed by atoms with E-state index in [0.717, 1.165) is 38.5 Å². The highest BCUT2D eigenvalue weighted by Crippen LogP contribution is 2.28. The molecule has 1 aliphatic carbocycles. The molecule has 6 N–H and O–H groups in total. The zero-order valence-corrected chi connectivity index (χ0v) is 11.7. The maximum absolute atomic E-state index is 12.3. The Bertz CT molecular complexity index is 314. The molecule has 6 heteroatoms. The molecule has 0 aromatic heterocycles. The van der Waals surface area contributed by atoms with Gasteiger partial charge in [0.05, 0.1) is 5.54 Å². The predicted octanol–water partition coefficient (Wildman–Crippen LogP) is 0.601. The second-order valence-corrected chi connectivity index (χ2v) is 5.38. The molecule has 0 aliphatic heterocycles. The molecule has 3 amide bonds. The van der Waals surface area contributed by atoms with E-state index in [4.69, 9.17) is 11.5 Å². The number of primary amides is 1. The molecule has 1 saturated carbocycles. The standard InChI is InChI=1S/C13H26N4O2/c1-2-3-6-10(16-12(15)19)11(18)17-13(9-14)7-4-5-8-13/h10H,2-9,14H2,1H3,(H,17,18)(H3,15,16,19). The molecule has 1 aliphatic rings. The summed E-state index contributed by atoms with van der Waals surface area (Å²) < 4.78 is 0. The third kappa shape index (κ3) is 4.70. The van der Waals surface area contributed by atoms with Crippen molar-refractivity contribution in [3.8, 4) is 0 Å². The SMILES string of the molecule is CCCCC(NC(N)=O)C(=O)NC1(CN)CCCC1. The fourth-order valence-corrected chi connectivity index (χ4v) is 2.63. The summed E-state index contributed by atoms with van der Waals surface area (Å²) in [5.41, 5.74) is 10.6. The van der Waals surface area contributed by atoms with Crippen LogP contribution in [0.15, 0.2) is 0 Å². The number of unbranched alkanes of at least 4 members (excludes halogenated alkanes) is 1. The minimum Gasteiger partial charge on any atom is -0.352 e. The maximum atomic E-state index is 12.3. The molecule has 1 unspecified atom stereocenters. The third-order valence-corrected chi connectivity index (χ3v) is 3.82. The molecule has 0 aromatic rings. The van der Waals surface area contributed by atoms with Crippen molar-refractivity contribution in [3.05, 3.63) is 0 Å². The van der Waals surface area contributed by atoms with Crippen molar-refractivity contribution in [2.45, 2.75) is 63.5 Å². The first-order chi connectivity index (χ1) is 9.03. The fourth-order valence-electron chi connectivity index (χ4n) is 2.63. The van der Waals surface area contributed by atoms with E-state index in [2.05, 4.69) is 10.6 Å². The van der Waals surface area contributed by atoms with Crippen molar-refractivity contribution < 1.29 is 9.59 Å². The van der Waals surface area contributed by atoms with Crippen molar-refractivity contribution in [1.82, 2.24) is 10.6 Å². The second kappa shape index (κ2) is 7.33. The van der Waals surface area contributed by atoms with Gasteiger partial charge in [0, 0.05) is 6.54 Å². The Hall–Kier alpha value is -1.30. The van der Waals surface area contributed by atoms with Crippen LogP contribution in [0.4, 0.5) is 4.79 Å². The Morgan fingerprint density at radius 3 is 2.42 bits per heavy atom. The van der Waals surface area contributed by atoms with Gasteiger partial charge in [-0.3, -0.25) is 4.79 Å². The first-order valence-corrected chi connectivity index (χ1v) is 7.11. The van der Waals surface area contributed by atoms with Gasteiger partial charge in [0.1, 0.15) is 6.04 Å². The average Bonchev–Trinajstić information content (AvgIpc) is 2.83. The Labute approximate surface area is 114 Å². The normalized spacial score (nSPS) is 18.8. The van der Waals surface area contributed by atoms with E-state index in [1.54, 1.807) is 0 Å². The van der Waals surface area contributed by atoms with Gasteiger partial charge in [-0.15, -0.1) is 0 Å². The van der Waals surface area contributed by atoms with Crippen LogP contribution in [0, 0.1) is 0 Å². The van der Waals surface area contributed by atoms with Crippen molar-refractivity contribution in [2.24, 2.45) is 11.5 Å². The van der Waals surface area contributed by atoms with E-state index in [0.29, 0.717) is 13.0 Å². The van der Waals surface area contributed by atoms with Crippen molar-refractivity contribution in [3.63, 3.8) is 0 Å². The minimum atomic E-state index is -0.663. The average molecular weight is 270 g/mol. The summed E-state index contributed by atoms with van der Waals surface area (Å²) in [6.07, 6.45) is 6.42. The van der Waals surface area contributed by atoms with Gasteiger partial charge in [0.2, 0.25) is 5.91 Å². The van der Waals surface area contributed by atoms with E-state index in [1.165, 1.54) is 0 Å². The molecule has 0 bridgehead atoms. The van der Waals surface area contributed by atoms with E-state index < -0.39 is 12.1 Å². The van der Waals surface area contributed by atoms with Crippen LogP contribution in [-0.4, -0.2) is 30.1 Å². The van der Waals surface area contributed by atoms with Crippen LogP contribution in [0.1, 0.15) is 51.9 Å². The van der Waals surface area contributed by atoms with Gasteiger partial charge in [0.15, 0.2) is 0 Å². The van der Waals surface area contributed by atoms with Gasteiger partial charge in [-0.2, -0.15) is 0 Å². The van der Waals surface area contributed by atoms with Gasteiger partial charge in [0.25, 0.3) is 0 Å². The maximum Gasteiger partial charge on any atom is 0.312 e.